The van der Waals surface area contributed by atoms with Crippen molar-refractivity contribution in [3.63, 3.8) is 0 Å². The molecule has 1 heteroatoms. The second kappa shape index (κ2) is 8.96. The minimum atomic E-state index is -0.136. The molecule has 0 bridgehead atoms. The van der Waals surface area contributed by atoms with Gasteiger partial charge in [0.05, 0.1) is 6.10 Å². The molecular weight excluding hydrogens is 184 g/mol. The van der Waals surface area contributed by atoms with Gasteiger partial charge in [0, 0.05) is 0 Å². The Labute approximate surface area is 95.6 Å². The SMILES string of the molecule is CCCCC(CC)C(O)CC=C(C)CC. The third kappa shape index (κ3) is 6.72. The van der Waals surface area contributed by atoms with Crippen LogP contribution in [-0.4, -0.2) is 11.2 Å². The van der Waals surface area contributed by atoms with Gasteiger partial charge < -0.3 is 5.11 Å². The van der Waals surface area contributed by atoms with Gasteiger partial charge in [0.25, 0.3) is 0 Å². The van der Waals surface area contributed by atoms with Crippen LogP contribution >= 0.6 is 0 Å². The van der Waals surface area contributed by atoms with Crippen molar-refractivity contribution < 1.29 is 5.11 Å². The van der Waals surface area contributed by atoms with E-state index < -0.39 is 0 Å². The van der Waals surface area contributed by atoms with Crippen LogP contribution in [0.3, 0.4) is 0 Å². The summed E-state index contributed by atoms with van der Waals surface area (Å²) in [7, 11) is 0. The third-order valence-electron chi connectivity index (χ3n) is 3.26. The summed E-state index contributed by atoms with van der Waals surface area (Å²) in [6.07, 6.45) is 8.73. The Kier molecular flexibility index (Phi) is 8.79. The highest BCUT2D eigenvalue weighted by Crippen LogP contribution is 2.20. The minimum absolute atomic E-state index is 0.136. The predicted octanol–water partition coefficient (Wildman–Crippen LogP) is 4.31. The molecule has 0 aromatic rings. The average molecular weight is 212 g/mol. The van der Waals surface area contributed by atoms with Gasteiger partial charge in [-0.3, -0.25) is 0 Å². The zero-order chi connectivity index (χ0) is 11.7. The molecule has 0 saturated carbocycles. The van der Waals surface area contributed by atoms with Crippen LogP contribution in [0.2, 0.25) is 0 Å². The molecule has 0 radical (unpaired) electrons. The van der Waals surface area contributed by atoms with Crippen molar-refractivity contribution in [1.29, 1.82) is 0 Å². The van der Waals surface area contributed by atoms with Gasteiger partial charge in [-0.2, -0.15) is 0 Å². The van der Waals surface area contributed by atoms with Crippen molar-refractivity contribution in [2.24, 2.45) is 5.92 Å². The molecule has 15 heavy (non-hydrogen) atoms. The highest BCUT2D eigenvalue weighted by molar-refractivity contribution is 4.98. The third-order valence-corrected chi connectivity index (χ3v) is 3.26. The van der Waals surface area contributed by atoms with E-state index in [2.05, 4.69) is 33.8 Å². The fourth-order valence-corrected chi connectivity index (χ4v) is 1.79. The summed E-state index contributed by atoms with van der Waals surface area (Å²) in [5.41, 5.74) is 1.39. The molecule has 1 N–H and O–H groups in total. The van der Waals surface area contributed by atoms with Gasteiger partial charge in [-0.15, -0.1) is 0 Å². The molecule has 0 spiro atoms. The second-order valence-corrected chi connectivity index (χ2v) is 4.52. The number of hydrogen-bond acceptors (Lipinski definition) is 1. The van der Waals surface area contributed by atoms with Gasteiger partial charge >= 0.3 is 0 Å². The summed E-state index contributed by atoms with van der Waals surface area (Å²) >= 11 is 0. The number of unbranched alkanes of at least 4 members (excludes halogenated alkanes) is 1. The summed E-state index contributed by atoms with van der Waals surface area (Å²) in [5.74, 6) is 0.492. The molecule has 0 aliphatic carbocycles. The van der Waals surface area contributed by atoms with Crippen LogP contribution in [0.1, 0.15) is 66.2 Å². The van der Waals surface area contributed by atoms with Gasteiger partial charge in [-0.25, -0.2) is 0 Å². The van der Waals surface area contributed by atoms with Crippen LogP contribution in [-0.2, 0) is 0 Å². The molecule has 0 aromatic carbocycles. The molecule has 2 unspecified atom stereocenters. The highest BCUT2D eigenvalue weighted by Gasteiger charge is 2.15. The van der Waals surface area contributed by atoms with Gasteiger partial charge in [0.15, 0.2) is 0 Å². The molecule has 2 atom stereocenters. The first-order chi connectivity index (χ1) is 7.15. The number of aliphatic hydroxyl groups is 1. The lowest BCUT2D eigenvalue weighted by Gasteiger charge is -2.20. The maximum absolute atomic E-state index is 10.0. The minimum Gasteiger partial charge on any atom is -0.393 e. The predicted molar refractivity (Wildman–Crippen MR) is 68.0 cm³/mol. The average Bonchev–Trinajstić information content (AvgIpc) is 2.26. The second-order valence-electron chi connectivity index (χ2n) is 4.52. The molecule has 0 fully saturated rings. The molecule has 0 aliphatic rings. The van der Waals surface area contributed by atoms with E-state index in [4.69, 9.17) is 0 Å². The molecule has 0 aliphatic heterocycles. The lowest BCUT2D eigenvalue weighted by atomic mass is 9.91. The van der Waals surface area contributed by atoms with E-state index in [1.807, 2.05) is 0 Å². The standard InChI is InChI=1S/C14H28O/c1-5-8-9-13(7-3)14(15)11-10-12(4)6-2/h10,13-15H,5-9,11H2,1-4H3. The highest BCUT2D eigenvalue weighted by atomic mass is 16.3. The van der Waals surface area contributed by atoms with Crippen LogP contribution in [0, 0.1) is 5.92 Å². The zero-order valence-electron chi connectivity index (χ0n) is 10.9. The summed E-state index contributed by atoms with van der Waals surface area (Å²) in [6.45, 7) is 8.69. The first kappa shape index (κ1) is 14.7. The van der Waals surface area contributed by atoms with Crippen molar-refractivity contribution in [2.75, 3.05) is 0 Å². The summed E-state index contributed by atoms with van der Waals surface area (Å²) < 4.78 is 0. The summed E-state index contributed by atoms with van der Waals surface area (Å²) in [6, 6.07) is 0. The topological polar surface area (TPSA) is 20.2 Å². The van der Waals surface area contributed by atoms with Crippen molar-refractivity contribution >= 4 is 0 Å². The maximum Gasteiger partial charge on any atom is 0.0602 e. The van der Waals surface area contributed by atoms with E-state index >= 15 is 0 Å². The van der Waals surface area contributed by atoms with Crippen molar-refractivity contribution in [3.05, 3.63) is 11.6 Å². The smallest absolute Gasteiger partial charge is 0.0602 e. The molecule has 1 nitrogen and oxygen atoms in total. The van der Waals surface area contributed by atoms with Gasteiger partial charge in [-0.05, 0) is 32.1 Å². The molecular formula is C14H28O. The number of hydrogen-bond donors (Lipinski definition) is 1. The lowest BCUT2D eigenvalue weighted by Crippen LogP contribution is -2.19. The lowest BCUT2D eigenvalue weighted by molar-refractivity contribution is 0.101. The zero-order valence-corrected chi connectivity index (χ0v) is 10.9. The Morgan fingerprint density at radius 1 is 1.27 bits per heavy atom. The number of rotatable bonds is 8. The van der Waals surface area contributed by atoms with E-state index in [0.717, 1.165) is 19.3 Å². The fourth-order valence-electron chi connectivity index (χ4n) is 1.79. The molecule has 0 heterocycles. The number of allylic oxidation sites excluding steroid dienone is 1. The van der Waals surface area contributed by atoms with E-state index in [9.17, 15) is 5.11 Å². The summed E-state index contributed by atoms with van der Waals surface area (Å²) in [5, 5.41) is 10.0. The van der Waals surface area contributed by atoms with E-state index in [-0.39, 0.29) is 6.10 Å². The molecule has 0 amide bonds. The van der Waals surface area contributed by atoms with Gasteiger partial charge in [-0.1, -0.05) is 51.7 Å². The largest absolute Gasteiger partial charge is 0.393 e. The van der Waals surface area contributed by atoms with E-state index in [0.29, 0.717) is 5.92 Å². The molecule has 0 rings (SSSR count). The fraction of sp³-hybridized carbons (Fsp3) is 0.857. The van der Waals surface area contributed by atoms with Crippen molar-refractivity contribution in [3.8, 4) is 0 Å². The summed E-state index contributed by atoms with van der Waals surface area (Å²) in [4.78, 5) is 0. The van der Waals surface area contributed by atoms with E-state index in [1.165, 1.54) is 24.8 Å². The normalized spacial score (nSPS) is 16.5. The maximum atomic E-state index is 10.0. The van der Waals surface area contributed by atoms with Crippen LogP contribution in [0.15, 0.2) is 11.6 Å². The molecule has 0 aromatic heterocycles. The van der Waals surface area contributed by atoms with Crippen LogP contribution in [0.5, 0.6) is 0 Å². The Morgan fingerprint density at radius 3 is 2.40 bits per heavy atom. The first-order valence-electron chi connectivity index (χ1n) is 6.49. The molecule has 90 valence electrons. The van der Waals surface area contributed by atoms with Gasteiger partial charge in [0.1, 0.15) is 0 Å². The Hall–Kier alpha value is -0.300. The Morgan fingerprint density at radius 2 is 1.93 bits per heavy atom. The number of aliphatic hydroxyl groups excluding tert-OH is 1. The quantitative estimate of drug-likeness (QED) is 0.594. The van der Waals surface area contributed by atoms with Crippen LogP contribution in [0.25, 0.3) is 0 Å². The van der Waals surface area contributed by atoms with E-state index in [1.54, 1.807) is 0 Å². The first-order valence-corrected chi connectivity index (χ1v) is 6.49. The van der Waals surface area contributed by atoms with Crippen molar-refractivity contribution in [1.82, 2.24) is 0 Å². The van der Waals surface area contributed by atoms with Crippen LogP contribution < -0.4 is 0 Å². The Bertz CT molecular complexity index is 172. The molecule has 0 saturated heterocycles. The van der Waals surface area contributed by atoms with Gasteiger partial charge in [0.2, 0.25) is 0 Å². The monoisotopic (exact) mass is 212 g/mol. The van der Waals surface area contributed by atoms with Crippen molar-refractivity contribution in [2.45, 2.75) is 72.3 Å². The van der Waals surface area contributed by atoms with Crippen LogP contribution in [0.4, 0.5) is 0 Å². The Balaban J connectivity index is 3.97.